The number of nitro groups is 1. The van der Waals surface area contributed by atoms with Crippen molar-refractivity contribution in [1.29, 1.82) is 0 Å². The van der Waals surface area contributed by atoms with Gasteiger partial charge in [-0.25, -0.2) is 4.79 Å². The van der Waals surface area contributed by atoms with Gasteiger partial charge in [0.1, 0.15) is 0 Å². The lowest BCUT2D eigenvalue weighted by atomic mass is 10.1. The Labute approximate surface area is 157 Å². The maximum absolute atomic E-state index is 12.0. The van der Waals surface area contributed by atoms with Gasteiger partial charge in [-0.3, -0.25) is 14.9 Å². The zero-order chi connectivity index (χ0) is 19.1. The molecule has 0 saturated carbocycles. The molecule has 0 atom stereocenters. The summed E-state index contributed by atoms with van der Waals surface area (Å²) < 4.78 is 5.94. The molecule has 0 aliphatic heterocycles. The van der Waals surface area contributed by atoms with Crippen molar-refractivity contribution < 1.29 is 24.4 Å². The number of para-hydroxylation sites is 2. The summed E-state index contributed by atoms with van der Waals surface area (Å²) in [5.74, 6) is -1.39. The van der Waals surface area contributed by atoms with E-state index in [1.807, 2.05) is 0 Å². The number of anilines is 1. The van der Waals surface area contributed by atoms with Crippen LogP contribution in [-0.4, -0.2) is 28.5 Å². The van der Waals surface area contributed by atoms with E-state index in [-0.39, 0.29) is 41.6 Å². The van der Waals surface area contributed by atoms with Crippen LogP contribution in [0.15, 0.2) is 46.9 Å². The first-order valence-electron chi connectivity index (χ1n) is 7.57. The largest absolute Gasteiger partial charge is 0.487 e. The van der Waals surface area contributed by atoms with E-state index in [4.69, 9.17) is 9.84 Å². The van der Waals surface area contributed by atoms with Crippen LogP contribution >= 0.6 is 15.9 Å². The van der Waals surface area contributed by atoms with Gasteiger partial charge in [-0.1, -0.05) is 28.1 Å². The molecule has 2 N–H and O–H groups in total. The number of nitrogens with one attached hydrogen (secondary N) is 1. The molecule has 0 radical (unpaired) electrons. The Bertz CT molecular complexity index is 840. The molecule has 9 heteroatoms. The second kappa shape index (κ2) is 8.95. The van der Waals surface area contributed by atoms with Crippen molar-refractivity contribution in [3.8, 4) is 5.75 Å². The monoisotopic (exact) mass is 422 g/mol. The standard InChI is InChI=1S/C17H15BrN2O6/c18-11-7-8-13(12(10-11)17(22)23)19-16(21)6-3-9-26-15-5-2-1-4-14(15)20(24)25/h1-2,4-5,7-8,10H,3,6,9H2,(H,19,21)(H,22,23). The maximum Gasteiger partial charge on any atom is 0.337 e. The first-order valence-corrected chi connectivity index (χ1v) is 8.36. The summed E-state index contributed by atoms with van der Waals surface area (Å²) in [6, 6.07) is 10.5. The minimum atomic E-state index is -1.15. The number of nitrogens with zero attached hydrogens (tertiary/aromatic N) is 1. The van der Waals surface area contributed by atoms with Gasteiger partial charge in [0.25, 0.3) is 0 Å². The number of carboxylic acid groups (broad SMARTS) is 1. The molecule has 26 heavy (non-hydrogen) atoms. The summed E-state index contributed by atoms with van der Waals surface area (Å²) >= 11 is 3.18. The predicted octanol–water partition coefficient (Wildman–Crippen LogP) is 3.85. The van der Waals surface area contributed by atoms with Crippen LogP contribution in [0.4, 0.5) is 11.4 Å². The van der Waals surface area contributed by atoms with Crippen LogP contribution in [-0.2, 0) is 4.79 Å². The SMILES string of the molecule is O=C(CCCOc1ccccc1[N+](=O)[O-])Nc1ccc(Br)cc1C(=O)O. The summed E-state index contributed by atoms with van der Waals surface area (Å²) in [4.78, 5) is 33.5. The van der Waals surface area contributed by atoms with Crippen LogP contribution in [0.25, 0.3) is 0 Å². The third-order valence-corrected chi connectivity index (χ3v) is 3.85. The van der Waals surface area contributed by atoms with E-state index in [2.05, 4.69) is 21.2 Å². The Morgan fingerprint density at radius 1 is 1.23 bits per heavy atom. The minimum Gasteiger partial charge on any atom is -0.487 e. The minimum absolute atomic E-state index is 0.0242. The summed E-state index contributed by atoms with van der Waals surface area (Å²) in [6.07, 6.45) is 0.395. The number of ether oxygens (including phenoxy) is 1. The van der Waals surface area contributed by atoms with Crippen LogP contribution < -0.4 is 10.1 Å². The lowest BCUT2D eigenvalue weighted by Gasteiger charge is -2.09. The van der Waals surface area contributed by atoms with Crippen molar-refractivity contribution in [2.75, 3.05) is 11.9 Å². The molecular formula is C17H15BrN2O6. The van der Waals surface area contributed by atoms with E-state index in [1.54, 1.807) is 12.1 Å². The van der Waals surface area contributed by atoms with Gasteiger partial charge in [-0.15, -0.1) is 0 Å². The highest BCUT2D eigenvalue weighted by Gasteiger charge is 2.15. The normalized spacial score (nSPS) is 10.2. The molecule has 0 saturated heterocycles. The third kappa shape index (κ3) is 5.28. The fourth-order valence-corrected chi connectivity index (χ4v) is 2.52. The molecule has 2 aromatic rings. The second-order valence-corrected chi connectivity index (χ2v) is 6.14. The topological polar surface area (TPSA) is 119 Å². The Hall–Kier alpha value is -2.94. The Balaban J connectivity index is 1.87. The van der Waals surface area contributed by atoms with Gasteiger partial charge in [0.15, 0.2) is 5.75 Å². The maximum atomic E-state index is 12.0. The molecule has 0 aliphatic carbocycles. The van der Waals surface area contributed by atoms with Crippen LogP contribution in [0.3, 0.4) is 0 Å². The molecule has 0 fully saturated rings. The molecule has 0 aliphatic rings. The molecule has 0 spiro atoms. The van der Waals surface area contributed by atoms with E-state index >= 15 is 0 Å². The number of hydrogen-bond acceptors (Lipinski definition) is 5. The molecule has 8 nitrogen and oxygen atoms in total. The van der Waals surface area contributed by atoms with Crippen molar-refractivity contribution in [2.45, 2.75) is 12.8 Å². The van der Waals surface area contributed by atoms with E-state index in [1.165, 1.54) is 30.3 Å². The average Bonchev–Trinajstić information content (AvgIpc) is 2.60. The van der Waals surface area contributed by atoms with E-state index in [9.17, 15) is 19.7 Å². The fourth-order valence-electron chi connectivity index (χ4n) is 2.16. The highest BCUT2D eigenvalue weighted by Crippen LogP contribution is 2.26. The number of benzene rings is 2. The molecule has 0 heterocycles. The number of amides is 1. The number of carboxylic acids is 1. The average molecular weight is 423 g/mol. The van der Waals surface area contributed by atoms with Gasteiger partial charge >= 0.3 is 11.7 Å². The van der Waals surface area contributed by atoms with Gasteiger partial charge < -0.3 is 15.2 Å². The van der Waals surface area contributed by atoms with Crippen LogP contribution in [0.2, 0.25) is 0 Å². The van der Waals surface area contributed by atoms with Gasteiger partial charge in [0.2, 0.25) is 5.91 Å². The quantitative estimate of drug-likeness (QED) is 0.378. The van der Waals surface area contributed by atoms with E-state index < -0.39 is 10.9 Å². The predicted molar refractivity (Wildman–Crippen MR) is 97.6 cm³/mol. The summed E-state index contributed by atoms with van der Waals surface area (Å²) in [6.45, 7) is 0.115. The Kier molecular flexibility index (Phi) is 6.67. The number of carbonyl (C=O) groups excluding carboxylic acids is 1. The van der Waals surface area contributed by atoms with Gasteiger partial charge in [0, 0.05) is 17.0 Å². The molecule has 0 aromatic heterocycles. The zero-order valence-corrected chi connectivity index (χ0v) is 15.1. The first kappa shape index (κ1) is 19.4. The Morgan fingerprint density at radius 3 is 2.65 bits per heavy atom. The number of halogens is 1. The summed E-state index contributed by atoms with van der Waals surface area (Å²) in [5.41, 5.74) is 0.0344. The molecule has 2 aromatic carbocycles. The number of hydrogen-bond donors (Lipinski definition) is 2. The van der Waals surface area contributed by atoms with Gasteiger partial charge in [-0.2, -0.15) is 0 Å². The zero-order valence-electron chi connectivity index (χ0n) is 13.5. The highest BCUT2D eigenvalue weighted by molar-refractivity contribution is 9.10. The molecule has 1 amide bonds. The van der Waals surface area contributed by atoms with E-state index in [0.717, 1.165) is 0 Å². The molecule has 0 unspecified atom stereocenters. The third-order valence-electron chi connectivity index (χ3n) is 3.35. The number of carbonyl (C=O) groups is 2. The second-order valence-electron chi connectivity index (χ2n) is 5.22. The number of nitro benzene ring substituents is 1. The van der Waals surface area contributed by atoms with Gasteiger partial charge in [-0.05, 0) is 30.7 Å². The molecule has 0 bridgehead atoms. The van der Waals surface area contributed by atoms with E-state index in [0.29, 0.717) is 10.9 Å². The lowest BCUT2D eigenvalue weighted by molar-refractivity contribution is -0.385. The Morgan fingerprint density at radius 2 is 1.96 bits per heavy atom. The van der Waals surface area contributed by atoms with Crippen LogP contribution in [0.5, 0.6) is 5.75 Å². The molecule has 136 valence electrons. The summed E-state index contributed by atoms with van der Waals surface area (Å²) in [5, 5.41) is 22.6. The fraction of sp³-hybridized carbons (Fsp3) is 0.176. The number of aromatic carboxylic acids is 1. The smallest absolute Gasteiger partial charge is 0.337 e. The molecular weight excluding hydrogens is 408 g/mol. The summed E-state index contributed by atoms with van der Waals surface area (Å²) in [7, 11) is 0. The first-order chi connectivity index (χ1) is 12.4. The van der Waals surface area contributed by atoms with Crippen molar-refractivity contribution in [1.82, 2.24) is 0 Å². The molecule has 2 rings (SSSR count). The highest BCUT2D eigenvalue weighted by atomic mass is 79.9. The number of rotatable bonds is 8. The van der Waals surface area contributed by atoms with Crippen molar-refractivity contribution in [3.05, 3.63) is 62.6 Å². The van der Waals surface area contributed by atoms with Gasteiger partial charge in [0.05, 0.1) is 22.8 Å². The van der Waals surface area contributed by atoms with Crippen LogP contribution in [0, 0.1) is 10.1 Å². The van der Waals surface area contributed by atoms with Crippen molar-refractivity contribution in [2.24, 2.45) is 0 Å². The van der Waals surface area contributed by atoms with Crippen molar-refractivity contribution in [3.63, 3.8) is 0 Å². The van der Waals surface area contributed by atoms with Crippen LogP contribution in [0.1, 0.15) is 23.2 Å². The lowest BCUT2D eigenvalue weighted by Crippen LogP contribution is -2.15. The van der Waals surface area contributed by atoms with Crippen molar-refractivity contribution >= 4 is 39.2 Å².